The summed E-state index contributed by atoms with van der Waals surface area (Å²) in [5, 5.41) is 13.3. The van der Waals surface area contributed by atoms with E-state index in [1.54, 1.807) is 6.07 Å². The van der Waals surface area contributed by atoms with Crippen molar-refractivity contribution in [1.82, 2.24) is 9.97 Å². The topological polar surface area (TPSA) is 67.3 Å². The highest BCUT2D eigenvalue weighted by atomic mass is 16.5. The first-order valence-electron chi connectivity index (χ1n) is 6.77. The van der Waals surface area contributed by atoms with Crippen LogP contribution in [0.1, 0.15) is 39.8 Å². The first-order chi connectivity index (χ1) is 8.82. The predicted octanol–water partition coefficient (Wildman–Crippen LogP) is 2.39. The molecule has 1 rings (SSSR count). The molecular formula is C14H25N3O2. The molecule has 0 amide bonds. The molecule has 0 aliphatic rings. The zero-order chi connectivity index (χ0) is 14.5. The highest BCUT2D eigenvalue weighted by molar-refractivity contribution is 5.31. The molecule has 108 valence electrons. The summed E-state index contributed by atoms with van der Waals surface area (Å²) in [7, 11) is 0. The molecule has 2 N–H and O–H groups in total. The first kappa shape index (κ1) is 15.7. The Morgan fingerprint density at radius 2 is 2.11 bits per heavy atom. The summed E-state index contributed by atoms with van der Waals surface area (Å²) in [4.78, 5) is 8.53. The van der Waals surface area contributed by atoms with E-state index in [0.29, 0.717) is 30.9 Å². The lowest BCUT2D eigenvalue weighted by Crippen LogP contribution is -2.35. The Hall–Kier alpha value is -1.36. The molecule has 5 heteroatoms. The summed E-state index contributed by atoms with van der Waals surface area (Å²) in [5.41, 5.74) is 0.0667. The lowest BCUT2D eigenvalue weighted by molar-refractivity contribution is 0.0513. The van der Waals surface area contributed by atoms with Crippen molar-refractivity contribution in [3.05, 3.63) is 11.8 Å². The summed E-state index contributed by atoms with van der Waals surface area (Å²) in [6.07, 6.45) is 0.726. The van der Waals surface area contributed by atoms with Gasteiger partial charge in [0.25, 0.3) is 0 Å². The number of aryl methyl sites for hydroxylation is 1. The van der Waals surface area contributed by atoms with Crippen molar-refractivity contribution in [3.63, 3.8) is 0 Å². The van der Waals surface area contributed by atoms with E-state index in [1.807, 2.05) is 20.8 Å². The van der Waals surface area contributed by atoms with Crippen molar-refractivity contribution in [2.45, 2.75) is 46.6 Å². The van der Waals surface area contributed by atoms with Crippen LogP contribution in [-0.2, 0) is 0 Å². The third-order valence-corrected chi connectivity index (χ3v) is 2.60. The average Bonchev–Trinajstić information content (AvgIpc) is 2.24. The molecule has 0 aromatic carbocycles. The zero-order valence-corrected chi connectivity index (χ0v) is 12.5. The number of nitrogens with one attached hydrogen (secondary N) is 1. The van der Waals surface area contributed by atoms with Gasteiger partial charge in [-0.25, -0.2) is 4.98 Å². The largest absolute Gasteiger partial charge is 0.478 e. The number of aromatic nitrogens is 2. The number of hydrogen-bond acceptors (Lipinski definition) is 5. The van der Waals surface area contributed by atoms with Crippen molar-refractivity contribution >= 4 is 5.95 Å². The molecule has 0 radical (unpaired) electrons. The van der Waals surface area contributed by atoms with Crippen molar-refractivity contribution < 1.29 is 9.84 Å². The maximum Gasteiger partial charge on any atom is 0.226 e. The molecule has 0 saturated carbocycles. The van der Waals surface area contributed by atoms with E-state index in [9.17, 15) is 5.11 Å². The van der Waals surface area contributed by atoms with E-state index < -0.39 is 5.60 Å². The van der Waals surface area contributed by atoms with E-state index in [1.165, 1.54) is 0 Å². The fraction of sp³-hybridized carbons (Fsp3) is 0.714. The van der Waals surface area contributed by atoms with Gasteiger partial charge >= 0.3 is 0 Å². The van der Waals surface area contributed by atoms with Crippen molar-refractivity contribution in [3.8, 4) is 5.88 Å². The molecule has 0 aliphatic heterocycles. The Kier molecular flexibility index (Phi) is 5.54. The van der Waals surface area contributed by atoms with Gasteiger partial charge in [-0.3, -0.25) is 0 Å². The third kappa shape index (κ3) is 5.87. The molecular weight excluding hydrogens is 242 g/mol. The summed E-state index contributed by atoms with van der Waals surface area (Å²) in [5.74, 6) is 1.49. The van der Waals surface area contributed by atoms with Crippen LogP contribution in [0.3, 0.4) is 0 Å². The molecule has 0 spiro atoms. The second kappa shape index (κ2) is 6.70. The van der Waals surface area contributed by atoms with Crippen molar-refractivity contribution in [2.24, 2.45) is 5.92 Å². The Labute approximate surface area is 115 Å². The van der Waals surface area contributed by atoms with Gasteiger partial charge in [0, 0.05) is 18.3 Å². The van der Waals surface area contributed by atoms with Gasteiger partial charge in [0.2, 0.25) is 11.8 Å². The summed E-state index contributed by atoms with van der Waals surface area (Å²) >= 11 is 0. The van der Waals surface area contributed by atoms with Crippen LogP contribution in [0.4, 0.5) is 5.95 Å². The van der Waals surface area contributed by atoms with Gasteiger partial charge in [-0.2, -0.15) is 4.98 Å². The van der Waals surface area contributed by atoms with Crippen LogP contribution in [0.25, 0.3) is 0 Å². The van der Waals surface area contributed by atoms with Gasteiger partial charge in [0.15, 0.2) is 0 Å². The number of rotatable bonds is 7. The second-order valence-corrected chi connectivity index (χ2v) is 5.55. The molecule has 0 aliphatic carbocycles. The Morgan fingerprint density at radius 1 is 1.42 bits per heavy atom. The molecule has 1 atom stereocenters. The Morgan fingerprint density at radius 3 is 2.68 bits per heavy atom. The van der Waals surface area contributed by atoms with Gasteiger partial charge in [-0.1, -0.05) is 13.8 Å². The normalized spacial score (nSPS) is 14.3. The van der Waals surface area contributed by atoms with Gasteiger partial charge < -0.3 is 15.2 Å². The quantitative estimate of drug-likeness (QED) is 0.794. The third-order valence-electron chi connectivity index (χ3n) is 2.60. The van der Waals surface area contributed by atoms with Crippen LogP contribution in [-0.4, -0.2) is 33.8 Å². The molecule has 5 nitrogen and oxygen atoms in total. The molecule has 0 fully saturated rings. The SMILES string of the molecule is CCOc1cc(C)nc(NCC(C)(O)CC(C)C)n1. The molecule has 1 aromatic heterocycles. The van der Waals surface area contributed by atoms with Gasteiger partial charge in [-0.05, 0) is 33.1 Å². The number of nitrogens with zero attached hydrogens (tertiary/aromatic N) is 2. The Balaban J connectivity index is 2.66. The van der Waals surface area contributed by atoms with E-state index in [4.69, 9.17) is 4.74 Å². The number of anilines is 1. The fourth-order valence-corrected chi connectivity index (χ4v) is 2.06. The monoisotopic (exact) mass is 267 g/mol. The highest BCUT2D eigenvalue weighted by Gasteiger charge is 2.22. The van der Waals surface area contributed by atoms with Crippen LogP contribution in [0, 0.1) is 12.8 Å². The minimum atomic E-state index is -0.771. The van der Waals surface area contributed by atoms with Gasteiger partial charge in [-0.15, -0.1) is 0 Å². The van der Waals surface area contributed by atoms with Crippen LogP contribution < -0.4 is 10.1 Å². The number of hydrogen-bond donors (Lipinski definition) is 2. The van der Waals surface area contributed by atoms with E-state index >= 15 is 0 Å². The van der Waals surface area contributed by atoms with Crippen molar-refractivity contribution in [1.29, 1.82) is 0 Å². The molecule has 1 unspecified atom stereocenters. The smallest absolute Gasteiger partial charge is 0.226 e. The minimum Gasteiger partial charge on any atom is -0.478 e. The van der Waals surface area contributed by atoms with Crippen LogP contribution >= 0.6 is 0 Å². The number of ether oxygens (including phenoxy) is 1. The van der Waals surface area contributed by atoms with Gasteiger partial charge in [0.1, 0.15) is 0 Å². The zero-order valence-electron chi connectivity index (χ0n) is 12.5. The molecule has 1 aromatic rings. The molecule has 0 bridgehead atoms. The van der Waals surface area contributed by atoms with Crippen LogP contribution in [0.15, 0.2) is 6.07 Å². The average molecular weight is 267 g/mol. The number of aliphatic hydroxyl groups is 1. The first-order valence-corrected chi connectivity index (χ1v) is 6.77. The van der Waals surface area contributed by atoms with Crippen molar-refractivity contribution in [2.75, 3.05) is 18.5 Å². The highest BCUT2D eigenvalue weighted by Crippen LogP contribution is 2.17. The fourth-order valence-electron chi connectivity index (χ4n) is 2.06. The lowest BCUT2D eigenvalue weighted by atomic mass is 9.94. The summed E-state index contributed by atoms with van der Waals surface area (Å²) in [6.45, 7) is 10.8. The predicted molar refractivity (Wildman–Crippen MR) is 76.5 cm³/mol. The van der Waals surface area contributed by atoms with Crippen LogP contribution in [0.5, 0.6) is 5.88 Å². The Bertz CT molecular complexity index is 406. The minimum absolute atomic E-state index is 0.417. The maximum atomic E-state index is 10.2. The second-order valence-electron chi connectivity index (χ2n) is 5.55. The molecule has 19 heavy (non-hydrogen) atoms. The summed E-state index contributed by atoms with van der Waals surface area (Å²) in [6, 6.07) is 1.79. The van der Waals surface area contributed by atoms with Gasteiger partial charge in [0.05, 0.1) is 12.2 Å². The van der Waals surface area contributed by atoms with Crippen LogP contribution in [0.2, 0.25) is 0 Å². The maximum absolute atomic E-state index is 10.2. The molecule has 1 heterocycles. The van der Waals surface area contributed by atoms with E-state index in [0.717, 1.165) is 12.1 Å². The summed E-state index contributed by atoms with van der Waals surface area (Å²) < 4.78 is 5.37. The molecule has 0 saturated heterocycles. The van der Waals surface area contributed by atoms with E-state index in [-0.39, 0.29) is 0 Å². The van der Waals surface area contributed by atoms with E-state index in [2.05, 4.69) is 29.1 Å². The lowest BCUT2D eigenvalue weighted by Gasteiger charge is -2.25. The standard InChI is InChI=1S/C14H25N3O2/c1-6-19-12-7-11(4)16-13(17-12)15-9-14(5,18)8-10(2)3/h7,10,18H,6,8-9H2,1-5H3,(H,15,16,17).